The van der Waals surface area contributed by atoms with Crippen molar-refractivity contribution in [1.82, 2.24) is 24.8 Å². The fraction of sp³-hybridized carbons (Fsp3) is 0.692. The lowest BCUT2D eigenvalue weighted by Gasteiger charge is -2.44. The van der Waals surface area contributed by atoms with Gasteiger partial charge in [0.1, 0.15) is 6.04 Å². The maximum Gasteiger partial charge on any atom is 0.246 e. The first-order valence-electron chi connectivity index (χ1n) is 7.15. The largest absolute Gasteiger partial charge is 0.338 e. The summed E-state index contributed by atoms with van der Waals surface area (Å²) in [5.74, 6) is 1.98. The average Bonchev–Trinajstić information content (AvgIpc) is 2.92. The van der Waals surface area contributed by atoms with E-state index in [2.05, 4.69) is 15.0 Å². The average molecular weight is 325 g/mol. The van der Waals surface area contributed by atoms with Crippen LogP contribution in [0.25, 0.3) is 0 Å². The number of hydrogen-bond acceptors (Lipinski definition) is 7. The number of nitrogens with zero attached hydrogens (tertiary/aromatic N) is 5. The Balaban J connectivity index is 1.64. The Morgan fingerprint density at radius 3 is 2.95 bits per heavy atom. The van der Waals surface area contributed by atoms with Crippen molar-refractivity contribution in [3.63, 3.8) is 0 Å². The van der Waals surface area contributed by atoms with Crippen LogP contribution in [0.15, 0.2) is 4.52 Å². The molecule has 1 aromatic heterocycles. The summed E-state index contributed by atoms with van der Waals surface area (Å²) in [4.78, 5) is 33.8. The van der Waals surface area contributed by atoms with Crippen molar-refractivity contribution >= 4 is 23.6 Å². The molecule has 22 heavy (non-hydrogen) atoms. The van der Waals surface area contributed by atoms with Crippen molar-refractivity contribution < 1.29 is 14.1 Å². The summed E-state index contributed by atoms with van der Waals surface area (Å²) in [6, 6.07) is -0.395. The molecule has 3 rings (SSSR count). The van der Waals surface area contributed by atoms with E-state index in [1.807, 2.05) is 6.26 Å². The highest BCUT2D eigenvalue weighted by molar-refractivity contribution is 7.97. The van der Waals surface area contributed by atoms with Crippen molar-refractivity contribution in [2.75, 3.05) is 39.5 Å². The maximum atomic E-state index is 12.2. The van der Waals surface area contributed by atoms with Gasteiger partial charge in [-0.05, 0) is 6.26 Å². The molecule has 0 radical (unpaired) electrons. The van der Waals surface area contributed by atoms with Gasteiger partial charge < -0.3 is 14.3 Å². The number of carbonyl (C=O) groups excluding carboxylic acids is 2. The van der Waals surface area contributed by atoms with Crippen molar-refractivity contribution in [3.05, 3.63) is 11.7 Å². The number of amides is 2. The van der Waals surface area contributed by atoms with Crippen LogP contribution in [0.4, 0.5) is 0 Å². The molecule has 120 valence electrons. The molecule has 1 atom stereocenters. The molecular formula is C13H19N5O3S. The second kappa shape index (κ2) is 6.25. The van der Waals surface area contributed by atoms with E-state index in [1.165, 1.54) is 4.90 Å². The van der Waals surface area contributed by atoms with Gasteiger partial charge in [0.2, 0.25) is 17.7 Å². The van der Waals surface area contributed by atoms with Gasteiger partial charge in [0.15, 0.2) is 5.82 Å². The first-order valence-corrected chi connectivity index (χ1v) is 8.55. The van der Waals surface area contributed by atoms with E-state index in [0.29, 0.717) is 37.9 Å². The zero-order valence-corrected chi connectivity index (χ0v) is 13.5. The van der Waals surface area contributed by atoms with E-state index in [0.717, 1.165) is 5.75 Å². The molecule has 2 aliphatic rings. The molecule has 2 saturated heterocycles. The van der Waals surface area contributed by atoms with Crippen LogP contribution >= 0.6 is 11.8 Å². The second-order valence-corrected chi connectivity index (χ2v) is 6.44. The summed E-state index contributed by atoms with van der Waals surface area (Å²) in [7, 11) is 1.67. The zero-order chi connectivity index (χ0) is 15.7. The molecule has 3 heterocycles. The number of aromatic nitrogens is 2. The third-order valence-corrected chi connectivity index (χ3v) is 4.51. The van der Waals surface area contributed by atoms with Crippen LogP contribution in [-0.2, 0) is 21.9 Å². The second-order valence-electron chi connectivity index (χ2n) is 5.57. The molecule has 8 nitrogen and oxygen atoms in total. The molecule has 1 unspecified atom stereocenters. The van der Waals surface area contributed by atoms with Crippen molar-refractivity contribution in [1.29, 1.82) is 0 Å². The minimum atomic E-state index is -0.395. The van der Waals surface area contributed by atoms with Crippen LogP contribution in [0.2, 0.25) is 0 Å². The summed E-state index contributed by atoms with van der Waals surface area (Å²) in [6.07, 6.45) is 1.98. The lowest BCUT2D eigenvalue weighted by molar-refractivity contribution is -0.158. The Kier molecular flexibility index (Phi) is 4.34. The van der Waals surface area contributed by atoms with E-state index >= 15 is 0 Å². The molecule has 0 aliphatic carbocycles. The quantitative estimate of drug-likeness (QED) is 0.732. The molecule has 2 amide bonds. The van der Waals surface area contributed by atoms with Crippen molar-refractivity contribution in [2.45, 2.75) is 18.3 Å². The van der Waals surface area contributed by atoms with Crippen LogP contribution in [0.5, 0.6) is 0 Å². The number of fused-ring (bicyclic) bond motifs is 1. The molecule has 9 heteroatoms. The molecule has 0 aromatic carbocycles. The Bertz CT molecular complexity index is 578. The van der Waals surface area contributed by atoms with Crippen LogP contribution in [0, 0.1) is 0 Å². The van der Waals surface area contributed by atoms with E-state index in [1.54, 1.807) is 23.7 Å². The third kappa shape index (κ3) is 2.95. The highest BCUT2D eigenvalue weighted by Gasteiger charge is 2.41. The highest BCUT2D eigenvalue weighted by Crippen LogP contribution is 2.18. The predicted octanol–water partition coefficient (Wildman–Crippen LogP) is -0.583. The Hall–Kier alpha value is -1.61. The van der Waals surface area contributed by atoms with Crippen molar-refractivity contribution in [3.8, 4) is 0 Å². The van der Waals surface area contributed by atoms with Crippen LogP contribution in [0.1, 0.15) is 11.7 Å². The summed E-state index contributed by atoms with van der Waals surface area (Å²) in [6.45, 7) is 2.47. The Morgan fingerprint density at radius 2 is 2.18 bits per heavy atom. The molecule has 2 fully saturated rings. The minimum absolute atomic E-state index is 0.00194. The first-order chi connectivity index (χ1) is 10.6. The number of rotatable bonds is 4. The predicted molar refractivity (Wildman–Crippen MR) is 79.9 cm³/mol. The molecule has 0 spiro atoms. The molecule has 0 saturated carbocycles. The Labute approximate surface area is 132 Å². The normalized spacial score (nSPS) is 23.1. The maximum absolute atomic E-state index is 12.2. The minimum Gasteiger partial charge on any atom is -0.338 e. The monoisotopic (exact) mass is 325 g/mol. The molecule has 0 bridgehead atoms. The van der Waals surface area contributed by atoms with Gasteiger partial charge in [-0.3, -0.25) is 14.5 Å². The smallest absolute Gasteiger partial charge is 0.246 e. The van der Waals surface area contributed by atoms with E-state index in [-0.39, 0.29) is 18.4 Å². The van der Waals surface area contributed by atoms with Gasteiger partial charge in [-0.2, -0.15) is 16.7 Å². The van der Waals surface area contributed by atoms with E-state index < -0.39 is 6.04 Å². The number of piperazine rings is 2. The van der Waals surface area contributed by atoms with E-state index in [4.69, 9.17) is 4.52 Å². The van der Waals surface area contributed by atoms with Gasteiger partial charge in [-0.25, -0.2) is 0 Å². The summed E-state index contributed by atoms with van der Waals surface area (Å²) in [5, 5.41) is 3.92. The topological polar surface area (TPSA) is 82.8 Å². The van der Waals surface area contributed by atoms with E-state index in [9.17, 15) is 9.59 Å². The van der Waals surface area contributed by atoms with Gasteiger partial charge in [0.05, 0.1) is 18.8 Å². The standard InChI is InChI=1S/C13H19N5O3S/c1-16-7-12(19)18-4-3-17(5-9(18)13(16)20)6-11-14-10(8-22-2)15-21-11/h9H,3-8H2,1-2H3. The van der Waals surface area contributed by atoms with Gasteiger partial charge in [0.25, 0.3) is 0 Å². The van der Waals surface area contributed by atoms with Crippen molar-refractivity contribution in [2.24, 2.45) is 0 Å². The molecule has 0 N–H and O–H groups in total. The molecule has 1 aromatic rings. The number of thioether (sulfide) groups is 1. The fourth-order valence-electron chi connectivity index (χ4n) is 2.85. The van der Waals surface area contributed by atoms with Gasteiger partial charge >= 0.3 is 0 Å². The highest BCUT2D eigenvalue weighted by atomic mass is 32.2. The van der Waals surface area contributed by atoms with Crippen LogP contribution < -0.4 is 0 Å². The van der Waals surface area contributed by atoms with Gasteiger partial charge in [0, 0.05) is 26.7 Å². The number of carbonyl (C=O) groups is 2. The van der Waals surface area contributed by atoms with Crippen LogP contribution in [-0.4, -0.2) is 82.2 Å². The number of likely N-dealkylation sites (N-methyl/N-ethyl adjacent to an activating group) is 1. The van der Waals surface area contributed by atoms with Gasteiger partial charge in [-0.15, -0.1) is 0 Å². The lowest BCUT2D eigenvalue weighted by Crippen LogP contribution is -2.65. The summed E-state index contributed by atoms with van der Waals surface area (Å²) < 4.78 is 5.23. The summed E-state index contributed by atoms with van der Waals surface area (Å²) >= 11 is 1.64. The first kappa shape index (κ1) is 15.3. The van der Waals surface area contributed by atoms with Gasteiger partial charge in [-0.1, -0.05) is 5.16 Å². The lowest BCUT2D eigenvalue weighted by atomic mass is 10.1. The third-order valence-electron chi connectivity index (χ3n) is 3.96. The molecule has 2 aliphatic heterocycles. The van der Waals surface area contributed by atoms with Crippen LogP contribution in [0.3, 0.4) is 0 Å². The Morgan fingerprint density at radius 1 is 1.36 bits per heavy atom. The fourth-order valence-corrected chi connectivity index (χ4v) is 3.23. The SMILES string of the molecule is CSCc1noc(CN2CCN3C(=O)CN(C)C(=O)C3C2)n1. The number of hydrogen-bond donors (Lipinski definition) is 0. The molecular weight excluding hydrogens is 306 g/mol. The zero-order valence-electron chi connectivity index (χ0n) is 12.7. The summed E-state index contributed by atoms with van der Waals surface area (Å²) in [5.41, 5.74) is 0.